The lowest BCUT2D eigenvalue weighted by Gasteiger charge is -2.26. The third-order valence-electron chi connectivity index (χ3n) is 2.25. The molecule has 0 saturated carbocycles. The predicted octanol–water partition coefficient (Wildman–Crippen LogP) is 4.01. The maximum absolute atomic E-state index is 5.39. The molecule has 1 rings (SSSR count). The number of hydrogen-bond acceptors (Lipinski definition) is 1. The summed E-state index contributed by atoms with van der Waals surface area (Å²) in [7, 11) is 1.76. The first-order valence-corrected chi connectivity index (χ1v) is 5.38. The first-order valence-electron chi connectivity index (χ1n) is 4.59. The first-order chi connectivity index (χ1) is 5.95. The SMILES string of the molecule is COC1=C(C(C)(C)C)C=C(Br)CC1. The number of hydrogen-bond donors (Lipinski definition) is 0. The molecule has 0 aromatic carbocycles. The third-order valence-corrected chi connectivity index (χ3v) is 2.87. The van der Waals surface area contributed by atoms with Crippen LogP contribution in [0, 0.1) is 5.41 Å². The fraction of sp³-hybridized carbons (Fsp3) is 0.636. The third kappa shape index (κ3) is 2.60. The first kappa shape index (κ1) is 10.8. The van der Waals surface area contributed by atoms with Crippen molar-refractivity contribution in [2.75, 3.05) is 7.11 Å². The summed E-state index contributed by atoms with van der Waals surface area (Å²) in [5.74, 6) is 1.13. The molecule has 13 heavy (non-hydrogen) atoms. The van der Waals surface area contributed by atoms with Crippen LogP contribution in [-0.2, 0) is 4.74 Å². The van der Waals surface area contributed by atoms with Gasteiger partial charge in [0.05, 0.1) is 12.9 Å². The summed E-state index contributed by atoms with van der Waals surface area (Å²) in [5, 5.41) is 0. The number of methoxy groups -OCH3 is 1. The Morgan fingerprint density at radius 1 is 1.31 bits per heavy atom. The maximum atomic E-state index is 5.39. The lowest BCUT2D eigenvalue weighted by Crippen LogP contribution is -2.14. The van der Waals surface area contributed by atoms with Crippen LogP contribution in [0.1, 0.15) is 33.6 Å². The van der Waals surface area contributed by atoms with Crippen LogP contribution in [0.25, 0.3) is 0 Å². The Balaban J connectivity index is 3.06. The van der Waals surface area contributed by atoms with Crippen LogP contribution in [0.15, 0.2) is 21.9 Å². The Bertz CT molecular complexity index is 256. The molecule has 0 aromatic heterocycles. The maximum Gasteiger partial charge on any atom is 0.0996 e. The molecule has 1 aliphatic carbocycles. The topological polar surface area (TPSA) is 9.23 Å². The molecular formula is C11H17BrO. The van der Waals surface area contributed by atoms with Crippen molar-refractivity contribution in [3.63, 3.8) is 0 Å². The van der Waals surface area contributed by atoms with Crippen LogP contribution in [0.4, 0.5) is 0 Å². The Labute approximate surface area is 89.0 Å². The summed E-state index contributed by atoms with van der Waals surface area (Å²) >= 11 is 3.55. The molecule has 0 atom stereocenters. The summed E-state index contributed by atoms with van der Waals surface area (Å²) < 4.78 is 6.67. The zero-order valence-corrected chi connectivity index (χ0v) is 10.4. The van der Waals surface area contributed by atoms with E-state index in [4.69, 9.17) is 4.74 Å². The molecule has 0 aliphatic heterocycles. The molecule has 2 heteroatoms. The van der Waals surface area contributed by atoms with E-state index in [1.165, 1.54) is 10.1 Å². The molecule has 1 nitrogen and oxygen atoms in total. The fourth-order valence-corrected chi connectivity index (χ4v) is 1.95. The molecule has 0 aromatic rings. The van der Waals surface area contributed by atoms with E-state index >= 15 is 0 Å². The van der Waals surface area contributed by atoms with Crippen LogP contribution in [0.3, 0.4) is 0 Å². The van der Waals surface area contributed by atoms with E-state index < -0.39 is 0 Å². The Hall–Kier alpha value is -0.240. The number of rotatable bonds is 1. The summed E-state index contributed by atoms with van der Waals surface area (Å²) in [6.45, 7) is 6.64. The Kier molecular flexibility index (Phi) is 3.23. The number of allylic oxidation sites excluding steroid dienone is 4. The second-order valence-corrected chi connectivity index (χ2v) is 5.40. The quantitative estimate of drug-likeness (QED) is 0.678. The summed E-state index contributed by atoms with van der Waals surface area (Å²) in [6, 6.07) is 0. The van der Waals surface area contributed by atoms with Gasteiger partial charge in [0.15, 0.2) is 0 Å². The molecule has 0 fully saturated rings. The molecule has 74 valence electrons. The van der Waals surface area contributed by atoms with Gasteiger partial charge in [0.25, 0.3) is 0 Å². The van der Waals surface area contributed by atoms with E-state index in [2.05, 4.69) is 42.8 Å². The monoisotopic (exact) mass is 244 g/mol. The van der Waals surface area contributed by atoms with Gasteiger partial charge in [0.2, 0.25) is 0 Å². The lowest BCUT2D eigenvalue weighted by atomic mass is 9.83. The van der Waals surface area contributed by atoms with Gasteiger partial charge in [-0.2, -0.15) is 0 Å². The van der Waals surface area contributed by atoms with Gasteiger partial charge in [-0.15, -0.1) is 0 Å². The van der Waals surface area contributed by atoms with E-state index in [1.54, 1.807) is 7.11 Å². The van der Waals surface area contributed by atoms with Crippen LogP contribution >= 0.6 is 15.9 Å². The molecule has 0 saturated heterocycles. The highest BCUT2D eigenvalue weighted by Crippen LogP contribution is 2.37. The number of halogens is 1. The molecule has 0 radical (unpaired) electrons. The van der Waals surface area contributed by atoms with Crippen molar-refractivity contribution in [3.05, 3.63) is 21.9 Å². The second-order valence-electron chi connectivity index (χ2n) is 4.38. The molecule has 0 amide bonds. The minimum Gasteiger partial charge on any atom is -0.501 e. The highest BCUT2D eigenvalue weighted by atomic mass is 79.9. The van der Waals surface area contributed by atoms with Gasteiger partial charge < -0.3 is 4.74 Å². The normalized spacial score (nSPS) is 18.7. The van der Waals surface area contributed by atoms with Crippen LogP contribution in [0.2, 0.25) is 0 Å². The van der Waals surface area contributed by atoms with E-state index in [9.17, 15) is 0 Å². The van der Waals surface area contributed by atoms with Gasteiger partial charge in [-0.3, -0.25) is 0 Å². The molecule has 0 N–H and O–H groups in total. The average Bonchev–Trinajstić information content (AvgIpc) is 2.03. The zero-order chi connectivity index (χ0) is 10.1. The average molecular weight is 245 g/mol. The summed E-state index contributed by atoms with van der Waals surface area (Å²) in [5.41, 5.74) is 1.48. The lowest BCUT2D eigenvalue weighted by molar-refractivity contribution is 0.261. The minimum absolute atomic E-state index is 0.171. The standard InChI is InChI=1S/C11H17BrO/c1-11(2,3)9-7-8(12)5-6-10(9)13-4/h7H,5-6H2,1-4H3. The predicted molar refractivity (Wildman–Crippen MR) is 59.7 cm³/mol. The molecule has 0 spiro atoms. The van der Waals surface area contributed by atoms with Gasteiger partial charge >= 0.3 is 0 Å². The van der Waals surface area contributed by atoms with E-state index in [-0.39, 0.29) is 5.41 Å². The number of ether oxygens (including phenoxy) is 1. The van der Waals surface area contributed by atoms with Gasteiger partial charge in [0, 0.05) is 6.42 Å². The van der Waals surface area contributed by atoms with Crippen LogP contribution in [-0.4, -0.2) is 7.11 Å². The van der Waals surface area contributed by atoms with Gasteiger partial charge in [-0.25, -0.2) is 0 Å². The van der Waals surface area contributed by atoms with Crippen molar-refractivity contribution in [1.82, 2.24) is 0 Å². The summed E-state index contributed by atoms with van der Waals surface area (Å²) in [4.78, 5) is 0. The molecule has 1 aliphatic rings. The largest absolute Gasteiger partial charge is 0.501 e. The van der Waals surface area contributed by atoms with Crippen LogP contribution in [0.5, 0.6) is 0 Å². The van der Waals surface area contributed by atoms with E-state index in [0.717, 1.165) is 18.6 Å². The van der Waals surface area contributed by atoms with Crippen LogP contribution < -0.4 is 0 Å². The van der Waals surface area contributed by atoms with E-state index in [1.807, 2.05) is 0 Å². The van der Waals surface area contributed by atoms with Gasteiger partial charge in [-0.1, -0.05) is 36.7 Å². The van der Waals surface area contributed by atoms with Crippen molar-refractivity contribution in [1.29, 1.82) is 0 Å². The minimum atomic E-state index is 0.171. The zero-order valence-electron chi connectivity index (χ0n) is 8.78. The van der Waals surface area contributed by atoms with Gasteiger partial charge in [-0.05, 0) is 28.0 Å². The fourth-order valence-electron chi connectivity index (χ4n) is 1.52. The molecule has 0 heterocycles. The van der Waals surface area contributed by atoms with Gasteiger partial charge in [0.1, 0.15) is 0 Å². The Morgan fingerprint density at radius 2 is 1.92 bits per heavy atom. The highest BCUT2D eigenvalue weighted by molar-refractivity contribution is 9.11. The van der Waals surface area contributed by atoms with Crippen molar-refractivity contribution in [2.45, 2.75) is 33.6 Å². The highest BCUT2D eigenvalue weighted by Gasteiger charge is 2.23. The smallest absolute Gasteiger partial charge is 0.0996 e. The Morgan fingerprint density at radius 3 is 2.38 bits per heavy atom. The molecule has 0 bridgehead atoms. The van der Waals surface area contributed by atoms with Crippen molar-refractivity contribution < 1.29 is 4.74 Å². The molecule has 0 unspecified atom stereocenters. The van der Waals surface area contributed by atoms with Crippen molar-refractivity contribution in [2.24, 2.45) is 5.41 Å². The summed E-state index contributed by atoms with van der Waals surface area (Å²) in [6.07, 6.45) is 4.27. The van der Waals surface area contributed by atoms with E-state index in [0.29, 0.717) is 0 Å². The van der Waals surface area contributed by atoms with Crippen molar-refractivity contribution >= 4 is 15.9 Å². The van der Waals surface area contributed by atoms with Crippen molar-refractivity contribution in [3.8, 4) is 0 Å². The second kappa shape index (κ2) is 3.87. The molecular weight excluding hydrogens is 228 g/mol.